The highest BCUT2D eigenvalue weighted by Crippen LogP contribution is 2.29. The fourth-order valence-corrected chi connectivity index (χ4v) is 4.31. The zero-order valence-corrected chi connectivity index (χ0v) is 15.7. The van der Waals surface area contributed by atoms with Crippen LogP contribution in [0.25, 0.3) is 0 Å². The molecule has 1 aromatic rings. The monoisotopic (exact) mass is 365 g/mol. The maximum absolute atomic E-state index is 12.2. The summed E-state index contributed by atoms with van der Waals surface area (Å²) in [5.41, 5.74) is 0.0737. The van der Waals surface area contributed by atoms with Crippen LogP contribution in [0.5, 0.6) is 0 Å². The SMILES string of the molecule is CN(C1=NS(=O)(=O)c2ccccc21)[C@H]1CCN(C(=O)OC(C)(C)C)C1. The van der Waals surface area contributed by atoms with Crippen LogP contribution >= 0.6 is 0 Å². The topological polar surface area (TPSA) is 79.3 Å². The molecule has 1 saturated heterocycles. The number of amidine groups is 1. The van der Waals surface area contributed by atoms with Crippen molar-refractivity contribution in [3.63, 3.8) is 0 Å². The van der Waals surface area contributed by atoms with E-state index in [1.807, 2.05) is 32.7 Å². The second kappa shape index (κ2) is 6.01. The molecule has 1 fully saturated rings. The predicted molar refractivity (Wildman–Crippen MR) is 94.1 cm³/mol. The Balaban J connectivity index is 1.76. The van der Waals surface area contributed by atoms with Gasteiger partial charge in [-0.15, -0.1) is 4.40 Å². The van der Waals surface area contributed by atoms with Gasteiger partial charge in [-0.25, -0.2) is 4.79 Å². The van der Waals surface area contributed by atoms with Gasteiger partial charge in [0.25, 0.3) is 10.0 Å². The summed E-state index contributed by atoms with van der Waals surface area (Å²) >= 11 is 0. The molecule has 0 aliphatic carbocycles. The van der Waals surface area contributed by atoms with Gasteiger partial charge in [0, 0.05) is 31.7 Å². The maximum Gasteiger partial charge on any atom is 0.410 e. The Hall–Kier alpha value is -2.09. The van der Waals surface area contributed by atoms with Crippen molar-refractivity contribution in [1.29, 1.82) is 0 Å². The van der Waals surface area contributed by atoms with Gasteiger partial charge in [0.2, 0.25) is 0 Å². The Kier molecular flexibility index (Phi) is 4.26. The standard InChI is InChI=1S/C17H23N3O4S/c1-17(2,3)24-16(21)20-10-9-12(11-20)19(4)15-13-7-5-6-8-14(13)25(22,23)18-15/h5-8,12H,9-11H2,1-4H3/t12-/m0/s1. The Bertz CT molecular complexity index is 827. The quantitative estimate of drug-likeness (QED) is 0.761. The summed E-state index contributed by atoms with van der Waals surface area (Å²) in [7, 11) is -1.82. The molecule has 3 rings (SSSR count). The van der Waals surface area contributed by atoms with Crippen LogP contribution in [-0.2, 0) is 14.8 Å². The molecule has 0 unspecified atom stereocenters. The first-order valence-electron chi connectivity index (χ1n) is 8.23. The highest BCUT2D eigenvalue weighted by molar-refractivity contribution is 7.90. The number of hydrogen-bond donors (Lipinski definition) is 0. The predicted octanol–water partition coefficient (Wildman–Crippen LogP) is 2.08. The number of benzene rings is 1. The molecular weight excluding hydrogens is 342 g/mol. The van der Waals surface area contributed by atoms with Gasteiger partial charge in [0.1, 0.15) is 10.5 Å². The largest absolute Gasteiger partial charge is 0.444 e. The third-order valence-corrected chi connectivity index (χ3v) is 5.63. The van der Waals surface area contributed by atoms with Crippen molar-refractivity contribution in [3.05, 3.63) is 29.8 Å². The molecule has 0 bridgehead atoms. The summed E-state index contributed by atoms with van der Waals surface area (Å²) in [6.07, 6.45) is 0.390. The van der Waals surface area contributed by atoms with E-state index in [-0.39, 0.29) is 17.0 Å². The summed E-state index contributed by atoms with van der Waals surface area (Å²) in [4.78, 5) is 16.0. The Morgan fingerprint density at radius 1 is 1.32 bits per heavy atom. The first-order chi connectivity index (χ1) is 11.6. The molecule has 7 nitrogen and oxygen atoms in total. The van der Waals surface area contributed by atoms with Gasteiger partial charge in [0.15, 0.2) is 5.84 Å². The average Bonchev–Trinajstić information content (AvgIpc) is 3.09. The highest BCUT2D eigenvalue weighted by atomic mass is 32.2. The Labute approximate surface area is 148 Å². The molecule has 2 aliphatic heterocycles. The van der Waals surface area contributed by atoms with E-state index in [9.17, 15) is 13.2 Å². The van der Waals surface area contributed by atoms with Crippen molar-refractivity contribution in [2.75, 3.05) is 20.1 Å². The van der Waals surface area contributed by atoms with Crippen LogP contribution in [0.2, 0.25) is 0 Å². The molecular formula is C17H23N3O4S. The summed E-state index contributed by atoms with van der Waals surface area (Å²) < 4.78 is 33.8. The Morgan fingerprint density at radius 2 is 2.00 bits per heavy atom. The molecule has 1 atom stereocenters. The maximum atomic E-state index is 12.2. The lowest BCUT2D eigenvalue weighted by Gasteiger charge is -2.27. The van der Waals surface area contributed by atoms with Gasteiger partial charge in [-0.1, -0.05) is 12.1 Å². The molecule has 0 spiro atoms. The molecule has 1 amide bonds. The van der Waals surface area contributed by atoms with Crippen molar-refractivity contribution < 1.29 is 17.9 Å². The molecule has 136 valence electrons. The van der Waals surface area contributed by atoms with Gasteiger partial charge in [-0.05, 0) is 39.3 Å². The number of carbonyl (C=O) groups is 1. The number of likely N-dealkylation sites (N-methyl/N-ethyl adjacent to an activating group) is 1. The van der Waals surface area contributed by atoms with Crippen LogP contribution in [0.3, 0.4) is 0 Å². The van der Waals surface area contributed by atoms with Crippen molar-refractivity contribution in [3.8, 4) is 0 Å². The van der Waals surface area contributed by atoms with E-state index < -0.39 is 15.6 Å². The fourth-order valence-electron chi connectivity index (χ4n) is 3.07. The number of carbonyl (C=O) groups excluding carboxylic acids is 1. The molecule has 1 aromatic carbocycles. The van der Waals surface area contributed by atoms with Crippen molar-refractivity contribution in [1.82, 2.24) is 9.80 Å². The van der Waals surface area contributed by atoms with Gasteiger partial charge in [-0.2, -0.15) is 8.42 Å². The van der Waals surface area contributed by atoms with Crippen LogP contribution in [0.1, 0.15) is 32.8 Å². The van der Waals surface area contributed by atoms with E-state index in [1.165, 1.54) is 0 Å². The number of sulfonamides is 1. The van der Waals surface area contributed by atoms with Gasteiger partial charge >= 0.3 is 6.09 Å². The molecule has 0 radical (unpaired) electrons. The summed E-state index contributed by atoms with van der Waals surface area (Å²) in [6, 6.07) is 6.80. The Morgan fingerprint density at radius 3 is 2.68 bits per heavy atom. The molecule has 2 aliphatic rings. The number of nitrogens with zero attached hydrogens (tertiary/aromatic N) is 3. The van der Waals surface area contributed by atoms with Crippen LogP contribution < -0.4 is 0 Å². The zero-order chi connectivity index (χ0) is 18.4. The number of likely N-dealkylation sites (tertiary alicyclic amines) is 1. The minimum absolute atomic E-state index is 0.00683. The van der Waals surface area contributed by atoms with E-state index in [0.29, 0.717) is 24.5 Å². The van der Waals surface area contributed by atoms with Gasteiger partial charge < -0.3 is 14.5 Å². The van der Waals surface area contributed by atoms with Crippen molar-refractivity contribution in [2.45, 2.75) is 43.7 Å². The second-order valence-electron chi connectivity index (χ2n) is 7.37. The minimum Gasteiger partial charge on any atom is -0.444 e. The van der Waals surface area contributed by atoms with E-state index in [1.54, 1.807) is 29.2 Å². The average molecular weight is 365 g/mol. The van der Waals surface area contributed by atoms with E-state index in [0.717, 1.165) is 6.42 Å². The fraction of sp³-hybridized carbons (Fsp3) is 0.529. The lowest BCUT2D eigenvalue weighted by molar-refractivity contribution is 0.0287. The lowest BCUT2D eigenvalue weighted by Crippen LogP contribution is -2.41. The number of rotatable bonds is 1. The van der Waals surface area contributed by atoms with E-state index >= 15 is 0 Å². The third-order valence-electron chi connectivity index (χ3n) is 4.31. The third kappa shape index (κ3) is 3.49. The van der Waals surface area contributed by atoms with Crippen molar-refractivity contribution in [2.24, 2.45) is 4.40 Å². The highest BCUT2D eigenvalue weighted by Gasteiger charge is 2.37. The van der Waals surface area contributed by atoms with Crippen LogP contribution in [0.15, 0.2) is 33.6 Å². The second-order valence-corrected chi connectivity index (χ2v) is 8.94. The summed E-state index contributed by atoms with van der Waals surface area (Å²) in [5.74, 6) is 0.437. The zero-order valence-electron chi connectivity index (χ0n) is 14.9. The van der Waals surface area contributed by atoms with Crippen molar-refractivity contribution >= 4 is 22.0 Å². The molecule has 2 heterocycles. The summed E-state index contributed by atoms with van der Waals surface area (Å²) in [6.45, 7) is 6.55. The number of ether oxygens (including phenoxy) is 1. The molecule has 0 aromatic heterocycles. The van der Waals surface area contributed by atoms with Crippen LogP contribution in [-0.4, -0.2) is 61.9 Å². The molecule has 0 N–H and O–H groups in total. The number of amides is 1. The minimum atomic E-state index is -3.64. The van der Waals surface area contributed by atoms with Gasteiger partial charge in [0.05, 0.1) is 0 Å². The normalized spacial score (nSPS) is 21.7. The molecule has 0 saturated carbocycles. The first-order valence-corrected chi connectivity index (χ1v) is 9.68. The van der Waals surface area contributed by atoms with E-state index in [2.05, 4.69) is 4.40 Å². The molecule has 25 heavy (non-hydrogen) atoms. The number of fused-ring (bicyclic) bond motifs is 1. The van der Waals surface area contributed by atoms with Crippen LogP contribution in [0.4, 0.5) is 4.79 Å². The smallest absolute Gasteiger partial charge is 0.410 e. The number of hydrogen-bond acceptors (Lipinski definition) is 5. The van der Waals surface area contributed by atoms with Crippen LogP contribution in [0, 0.1) is 0 Å². The summed E-state index contributed by atoms with van der Waals surface area (Å²) in [5, 5.41) is 0. The molecule has 8 heteroatoms. The van der Waals surface area contributed by atoms with E-state index in [4.69, 9.17) is 4.74 Å². The lowest BCUT2D eigenvalue weighted by atomic mass is 10.1. The van der Waals surface area contributed by atoms with Gasteiger partial charge in [-0.3, -0.25) is 0 Å². The first kappa shape index (κ1) is 17.7.